The second-order valence-electron chi connectivity index (χ2n) is 8.91. The molecule has 0 saturated carbocycles. The Bertz CT molecular complexity index is 923. The van der Waals surface area contributed by atoms with Gasteiger partial charge in [0.1, 0.15) is 5.60 Å². The van der Waals surface area contributed by atoms with Gasteiger partial charge in [-0.1, -0.05) is 56.3 Å². The minimum atomic E-state index is -0.468. The van der Waals surface area contributed by atoms with Crippen molar-refractivity contribution in [1.82, 2.24) is 4.90 Å². The van der Waals surface area contributed by atoms with E-state index in [0.717, 1.165) is 37.3 Å². The Labute approximate surface area is 205 Å². The van der Waals surface area contributed by atoms with Crippen LogP contribution in [0.4, 0.5) is 10.5 Å². The van der Waals surface area contributed by atoms with Gasteiger partial charge in [-0.25, -0.2) is 4.79 Å². The van der Waals surface area contributed by atoms with Gasteiger partial charge in [-0.2, -0.15) is 0 Å². The number of piperazine rings is 1. The standard InChI is InChI=1S/C26H34N4O2.C2H6/c1-26(2,3)32-25(31)30-19-17-29(18-20-30)23-11-9-22(10-12-23)24(27)14-16-28-15-13-21-7-5-4-6-8-21;1-2/h4-12,14,16H,13,15,17-20,27H2,1-3H3;1-2H3/b24-14-,28-16?;. The summed E-state index contributed by atoms with van der Waals surface area (Å²) < 4.78 is 5.47. The van der Waals surface area contributed by atoms with E-state index in [9.17, 15) is 4.79 Å². The molecule has 6 heteroatoms. The molecule has 0 unspecified atom stereocenters. The van der Waals surface area contributed by atoms with Gasteiger partial charge in [-0.05, 0) is 56.5 Å². The third-order valence-electron chi connectivity index (χ3n) is 5.23. The van der Waals surface area contributed by atoms with Crippen molar-refractivity contribution in [1.29, 1.82) is 0 Å². The van der Waals surface area contributed by atoms with Crippen LogP contribution >= 0.6 is 0 Å². The summed E-state index contributed by atoms with van der Waals surface area (Å²) >= 11 is 0. The number of hydrogen-bond acceptors (Lipinski definition) is 5. The minimum absolute atomic E-state index is 0.240. The molecule has 2 aromatic rings. The lowest BCUT2D eigenvalue weighted by molar-refractivity contribution is 0.0240. The summed E-state index contributed by atoms with van der Waals surface area (Å²) in [6, 6.07) is 18.5. The molecule has 1 fully saturated rings. The highest BCUT2D eigenvalue weighted by atomic mass is 16.6. The maximum absolute atomic E-state index is 12.2. The van der Waals surface area contributed by atoms with E-state index in [0.29, 0.717) is 18.8 Å². The van der Waals surface area contributed by atoms with E-state index in [2.05, 4.69) is 34.2 Å². The second-order valence-corrected chi connectivity index (χ2v) is 8.91. The number of ether oxygens (including phenoxy) is 1. The van der Waals surface area contributed by atoms with Gasteiger partial charge in [0.2, 0.25) is 0 Å². The van der Waals surface area contributed by atoms with Crippen LogP contribution in [0.5, 0.6) is 0 Å². The normalized spacial score (nSPS) is 14.6. The Balaban J connectivity index is 0.00000199. The zero-order chi connectivity index (χ0) is 25.0. The van der Waals surface area contributed by atoms with E-state index >= 15 is 0 Å². The van der Waals surface area contributed by atoms with Crippen molar-refractivity contribution in [3.05, 3.63) is 71.8 Å². The van der Waals surface area contributed by atoms with Crippen LogP contribution in [0, 0.1) is 0 Å². The Kier molecular flexibility index (Phi) is 10.7. The van der Waals surface area contributed by atoms with E-state index in [1.807, 2.05) is 71.0 Å². The van der Waals surface area contributed by atoms with Crippen molar-refractivity contribution < 1.29 is 9.53 Å². The van der Waals surface area contributed by atoms with E-state index in [-0.39, 0.29) is 6.09 Å². The van der Waals surface area contributed by atoms with E-state index in [1.54, 1.807) is 11.1 Å². The first-order chi connectivity index (χ1) is 16.3. The Morgan fingerprint density at radius 3 is 2.21 bits per heavy atom. The second kappa shape index (κ2) is 13.4. The molecule has 0 spiro atoms. The number of allylic oxidation sites excluding steroid dienone is 1. The zero-order valence-corrected chi connectivity index (χ0v) is 21.3. The first-order valence-corrected chi connectivity index (χ1v) is 12.1. The molecule has 0 aromatic heterocycles. The van der Waals surface area contributed by atoms with Gasteiger partial charge >= 0.3 is 6.09 Å². The van der Waals surface area contributed by atoms with Gasteiger partial charge in [0, 0.05) is 50.3 Å². The maximum atomic E-state index is 12.2. The van der Waals surface area contributed by atoms with Gasteiger partial charge in [-0.15, -0.1) is 0 Å². The van der Waals surface area contributed by atoms with E-state index in [4.69, 9.17) is 10.5 Å². The predicted octanol–water partition coefficient (Wildman–Crippen LogP) is 5.38. The fourth-order valence-corrected chi connectivity index (χ4v) is 3.48. The third-order valence-corrected chi connectivity index (χ3v) is 5.23. The molecule has 0 radical (unpaired) electrons. The van der Waals surface area contributed by atoms with Crippen LogP contribution < -0.4 is 10.6 Å². The summed E-state index contributed by atoms with van der Waals surface area (Å²) in [6.45, 7) is 13.3. The highest BCUT2D eigenvalue weighted by molar-refractivity contribution is 5.83. The zero-order valence-electron chi connectivity index (χ0n) is 21.3. The molecule has 6 nitrogen and oxygen atoms in total. The lowest BCUT2D eigenvalue weighted by Gasteiger charge is -2.36. The van der Waals surface area contributed by atoms with Crippen molar-refractivity contribution in [2.75, 3.05) is 37.6 Å². The molecule has 3 rings (SSSR count). The molecule has 0 atom stereocenters. The SMILES string of the molecule is CC.CC(C)(C)OC(=O)N1CCN(c2ccc(/C(N)=C/C=NCCc3ccccc3)cc2)CC1. The third kappa shape index (κ3) is 8.93. The van der Waals surface area contributed by atoms with Crippen LogP contribution in [0.25, 0.3) is 5.70 Å². The Hall–Kier alpha value is -3.28. The Morgan fingerprint density at radius 1 is 1.00 bits per heavy atom. The minimum Gasteiger partial charge on any atom is -0.444 e. The summed E-state index contributed by atoms with van der Waals surface area (Å²) in [7, 11) is 0. The number of carbonyl (C=O) groups is 1. The highest BCUT2D eigenvalue weighted by Crippen LogP contribution is 2.20. The largest absolute Gasteiger partial charge is 0.444 e. The highest BCUT2D eigenvalue weighted by Gasteiger charge is 2.25. The molecule has 1 aliphatic heterocycles. The van der Waals surface area contributed by atoms with Gasteiger partial charge in [0.15, 0.2) is 0 Å². The molecule has 34 heavy (non-hydrogen) atoms. The van der Waals surface area contributed by atoms with Crippen molar-refractivity contribution in [3.63, 3.8) is 0 Å². The van der Waals surface area contributed by atoms with Crippen LogP contribution in [-0.4, -0.2) is 55.5 Å². The molecule has 1 saturated heterocycles. The number of hydrogen-bond donors (Lipinski definition) is 1. The molecule has 2 aromatic carbocycles. The lowest BCUT2D eigenvalue weighted by Crippen LogP contribution is -2.50. The van der Waals surface area contributed by atoms with Gasteiger partial charge in [-0.3, -0.25) is 4.99 Å². The number of nitrogens with zero attached hydrogens (tertiary/aromatic N) is 3. The average molecular weight is 465 g/mol. The van der Waals surface area contributed by atoms with Gasteiger partial charge in [0.25, 0.3) is 0 Å². The fraction of sp³-hybridized carbons (Fsp3) is 0.429. The van der Waals surface area contributed by atoms with E-state index < -0.39 is 5.60 Å². The number of benzene rings is 2. The Morgan fingerprint density at radius 2 is 1.62 bits per heavy atom. The molecule has 2 N–H and O–H groups in total. The molecule has 184 valence electrons. The molecule has 0 bridgehead atoms. The first-order valence-electron chi connectivity index (χ1n) is 12.1. The summed E-state index contributed by atoms with van der Waals surface area (Å²) in [6.07, 6.45) is 4.30. The number of amides is 1. The van der Waals surface area contributed by atoms with Crippen LogP contribution in [0.15, 0.2) is 65.7 Å². The quantitative estimate of drug-likeness (QED) is 0.583. The van der Waals surface area contributed by atoms with Crippen molar-refractivity contribution in [2.45, 2.75) is 46.6 Å². The smallest absolute Gasteiger partial charge is 0.410 e. The fourth-order valence-electron chi connectivity index (χ4n) is 3.48. The summed E-state index contributed by atoms with van der Waals surface area (Å²) in [5, 5.41) is 0. The van der Waals surface area contributed by atoms with Crippen molar-refractivity contribution in [3.8, 4) is 0 Å². The molecule has 1 aliphatic rings. The van der Waals surface area contributed by atoms with Gasteiger partial charge in [0.05, 0.1) is 0 Å². The molecule has 0 aliphatic carbocycles. The topological polar surface area (TPSA) is 71.2 Å². The first kappa shape index (κ1) is 27.0. The monoisotopic (exact) mass is 464 g/mol. The van der Waals surface area contributed by atoms with Crippen LogP contribution in [0.1, 0.15) is 45.7 Å². The predicted molar refractivity (Wildman–Crippen MR) is 143 cm³/mol. The summed E-state index contributed by atoms with van der Waals surface area (Å²) in [4.78, 5) is 20.7. The molecular weight excluding hydrogens is 424 g/mol. The average Bonchev–Trinajstić information content (AvgIpc) is 2.85. The summed E-state index contributed by atoms with van der Waals surface area (Å²) in [5.74, 6) is 0. The van der Waals surface area contributed by atoms with E-state index in [1.165, 1.54) is 5.56 Å². The van der Waals surface area contributed by atoms with Gasteiger partial charge < -0.3 is 20.3 Å². The van der Waals surface area contributed by atoms with Crippen LogP contribution in [0.3, 0.4) is 0 Å². The summed E-state index contributed by atoms with van der Waals surface area (Å²) in [5.41, 5.74) is 9.81. The number of rotatable bonds is 6. The number of anilines is 1. The molecule has 1 amide bonds. The molecular formula is C28H40N4O2. The molecule has 1 heterocycles. The van der Waals surface area contributed by atoms with Crippen LogP contribution in [-0.2, 0) is 11.2 Å². The number of carbonyl (C=O) groups excluding carboxylic acids is 1. The lowest BCUT2D eigenvalue weighted by atomic mass is 10.1. The maximum Gasteiger partial charge on any atom is 0.410 e. The van der Waals surface area contributed by atoms with Crippen molar-refractivity contribution >= 4 is 23.7 Å². The van der Waals surface area contributed by atoms with Crippen LogP contribution in [0.2, 0.25) is 0 Å². The number of aliphatic imine (C=N–C) groups is 1. The van der Waals surface area contributed by atoms with Crippen molar-refractivity contribution in [2.24, 2.45) is 10.7 Å². The number of nitrogens with two attached hydrogens (primary N) is 1.